The number of carbonyl (C=O) groups is 1. The zero-order chi connectivity index (χ0) is 13.1. The van der Waals surface area contributed by atoms with Gasteiger partial charge in [-0.3, -0.25) is 0 Å². The van der Waals surface area contributed by atoms with Gasteiger partial charge in [-0.2, -0.15) is 0 Å². The molecule has 0 fully saturated rings. The van der Waals surface area contributed by atoms with Crippen molar-refractivity contribution in [2.75, 3.05) is 0 Å². The molecule has 2 rings (SSSR count). The molecule has 1 N–H and O–H groups in total. The van der Waals surface area contributed by atoms with Gasteiger partial charge in [-0.05, 0) is 45.9 Å². The number of carboxylic acid groups (broad SMARTS) is 1. The Morgan fingerprint density at radius 2 is 2.11 bits per heavy atom. The number of hydrogen-bond donors (Lipinski definition) is 1. The van der Waals surface area contributed by atoms with Crippen LogP contribution in [0.5, 0.6) is 0 Å². The number of nitrogens with zero attached hydrogens (tertiary/aromatic N) is 2. The Morgan fingerprint density at radius 1 is 1.33 bits per heavy atom. The fourth-order valence-electron chi connectivity index (χ4n) is 1.14. The molecule has 7 heteroatoms. The van der Waals surface area contributed by atoms with Crippen LogP contribution in [0.4, 0.5) is 0 Å². The molecule has 92 valence electrons. The maximum Gasteiger partial charge on any atom is 0.337 e. The number of pyridine rings is 2. The van der Waals surface area contributed by atoms with E-state index in [4.69, 9.17) is 16.7 Å². The lowest BCUT2D eigenvalue weighted by molar-refractivity contribution is 0.0696. The molecule has 0 atom stereocenters. The number of hydrogen-bond acceptors (Lipinski definition) is 4. The standard InChI is InChI=1S/C11H6BrClN2O2S/c12-8-3-7(13)5-15-10(8)18-9-2-1-6(4-14-9)11(16)17/h1-5H,(H,16,17). The smallest absolute Gasteiger partial charge is 0.337 e. The zero-order valence-electron chi connectivity index (χ0n) is 8.80. The lowest BCUT2D eigenvalue weighted by Crippen LogP contribution is -1.96. The van der Waals surface area contributed by atoms with Crippen molar-refractivity contribution in [3.8, 4) is 0 Å². The predicted molar refractivity (Wildman–Crippen MR) is 72.3 cm³/mol. The largest absolute Gasteiger partial charge is 0.478 e. The maximum absolute atomic E-state index is 10.7. The molecule has 0 unspecified atom stereocenters. The summed E-state index contributed by atoms with van der Waals surface area (Å²) in [6, 6.07) is 4.88. The summed E-state index contributed by atoms with van der Waals surface area (Å²) in [6.45, 7) is 0. The molecule has 0 aliphatic rings. The van der Waals surface area contributed by atoms with E-state index in [0.717, 1.165) is 9.50 Å². The molecule has 2 aromatic heterocycles. The second kappa shape index (κ2) is 5.69. The summed E-state index contributed by atoms with van der Waals surface area (Å²) in [6.07, 6.45) is 2.86. The number of rotatable bonds is 3. The molecule has 18 heavy (non-hydrogen) atoms. The van der Waals surface area contributed by atoms with Crippen LogP contribution in [0.25, 0.3) is 0 Å². The van der Waals surface area contributed by atoms with Crippen molar-refractivity contribution >= 4 is 45.3 Å². The summed E-state index contributed by atoms with van der Waals surface area (Å²) < 4.78 is 0.768. The Hall–Kier alpha value is -1.11. The van der Waals surface area contributed by atoms with Gasteiger partial charge in [0.05, 0.1) is 15.1 Å². The summed E-state index contributed by atoms with van der Waals surface area (Å²) in [4.78, 5) is 18.9. The summed E-state index contributed by atoms with van der Waals surface area (Å²) in [5, 5.41) is 10.7. The topological polar surface area (TPSA) is 63.1 Å². The normalized spacial score (nSPS) is 10.3. The molecular weight excluding hydrogens is 340 g/mol. The average Bonchev–Trinajstić information content (AvgIpc) is 2.33. The lowest BCUT2D eigenvalue weighted by Gasteiger charge is -2.03. The molecule has 0 aromatic carbocycles. The number of halogens is 2. The van der Waals surface area contributed by atoms with Gasteiger partial charge in [0.2, 0.25) is 0 Å². The van der Waals surface area contributed by atoms with Gasteiger partial charge >= 0.3 is 5.97 Å². The second-order valence-corrected chi connectivity index (χ2v) is 5.53. The molecule has 0 amide bonds. The van der Waals surface area contributed by atoms with Crippen LogP contribution >= 0.6 is 39.3 Å². The quantitative estimate of drug-likeness (QED) is 0.918. The third kappa shape index (κ3) is 3.22. The van der Waals surface area contributed by atoms with Crippen molar-refractivity contribution < 1.29 is 9.90 Å². The van der Waals surface area contributed by atoms with E-state index in [9.17, 15) is 4.79 Å². The summed E-state index contributed by atoms with van der Waals surface area (Å²) >= 11 is 10.5. The SMILES string of the molecule is O=C(O)c1ccc(Sc2ncc(Cl)cc2Br)nc1. The lowest BCUT2D eigenvalue weighted by atomic mass is 10.3. The van der Waals surface area contributed by atoms with Crippen molar-refractivity contribution in [2.24, 2.45) is 0 Å². The van der Waals surface area contributed by atoms with Crippen LogP contribution in [0.3, 0.4) is 0 Å². The Balaban J connectivity index is 2.21. The van der Waals surface area contributed by atoms with Gasteiger partial charge in [-0.1, -0.05) is 11.6 Å². The fraction of sp³-hybridized carbons (Fsp3) is 0. The molecule has 0 saturated carbocycles. The van der Waals surface area contributed by atoms with E-state index < -0.39 is 5.97 Å². The summed E-state index contributed by atoms with van der Waals surface area (Å²) in [7, 11) is 0. The monoisotopic (exact) mass is 344 g/mol. The highest BCUT2D eigenvalue weighted by Gasteiger charge is 2.07. The Labute approximate surface area is 121 Å². The van der Waals surface area contributed by atoms with Gasteiger partial charge in [0.25, 0.3) is 0 Å². The minimum absolute atomic E-state index is 0.155. The van der Waals surface area contributed by atoms with E-state index in [1.807, 2.05) is 0 Å². The first-order valence-electron chi connectivity index (χ1n) is 4.74. The predicted octanol–water partition coefficient (Wildman–Crippen LogP) is 3.74. The summed E-state index contributed by atoms with van der Waals surface area (Å²) in [5.41, 5.74) is 0.155. The third-order valence-corrected chi connectivity index (χ3v) is 4.00. The van der Waals surface area contributed by atoms with Crippen molar-refractivity contribution in [1.82, 2.24) is 9.97 Å². The van der Waals surface area contributed by atoms with Crippen molar-refractivity contribution in [2.45, 2.75) is 10.1 Å². The highest BCUT2D eigenvalue weighted by atomic mass is 79.9. The number of aromatic nitrogens is 2. The second-order valence-electron chi connectivity index (χ2n) is 3.23. The van der Waals surface area contributed by atoms with Crippen LogP contribution in [0, 0.1) is 0 Å². The van der Waals surface area contributed by atoms with E-state index in [1.54, 1.807) is 18.3 Å². The average molecular weight is 346 g/mol. The van der Waals surface area contributed by atoms with Crippen LogP contribution in [-0.2, 0) is 0 Å². The maximum atomic E-state index is 10.7. The third-order valence-electron chi connectivity index (χ3n) is 1.96. The van der Waals surface area contributed by atoms with Crippen molar-refractivity contribution in [3.05, 3.63) is 45.7 Å². The zero-order valence-corrected chi connectivity index (χ0v) is 12.0. The highest BCUT2D eigenvalue weighted by Crippen LogP contribution is 2.31. The molecule has 0 bridgehead atoms. The van der Waals surface area contributed by atoms with Gasteiger partial charge < -0.3 is 5.11 Å². The summed E-state index contributed by atoms with van der Waals surface area (Å²) in [5.74, 6) is -0.996. The number of carboxylic acids is 1. The molecular formula is C11H6BrClN2O2S. The Morgan fingerprint density at radius 3 is 2.67 bits per heavy atom. The molecule has 0 spiro atoms. The minimum Gasteiger partial charge on any atom is -0.478 e. The van der Waals surface area contributed by atoms with E-state index in [2.05, 4.69) is 25.9 Å². The molecule has 2 heterocycles. The van der Waals surface area contributed by atoms with Crippen LogP contribution in [-0.4, -0.2) is 21.0 Å². The van der Waals surface area contributed by atoms with Crippen molar-refractivity contribution in [1.29, 1.82) is 0 Å². The molecule has 0 aliphatic heterocycles. The van der Waals surface area contributed by atoms with E-state index in [0.29, 0.717) is 10.0 Å². The fourth-order valence-corrected chi connectivity index (χ4v) is 2.73. The van der Waals surface area contributed by atoms with E-state index >= 15 is 0 Å². The Kier molecular flexibility index (Phi) is 4.21. The van der Waals surface area contributed by atoms with Gasteiger partial charge in [-0.25, -0.2) is 14.8 Å². The molecule has 0 aliphatic carbocycles. The van der Waals surface area contributed by atoms with E-state index in [1.165, 1.54) is 24.0 Å². The van der Waals surface area contributed by atoms with Gasteiger partial charge in [0.1, 0.15) is 10.1 Å². The molecule has 0 radical (unpaired) electrons. The van der Waals surface area contributed by atoms with Gasteiger partial charge in [-0.15, -0.1) is 0 Å². The number of aromatic carboxylic acids is 1. The molecule has 2 aromatic rings. The minimum atomic E-state index is -0.996. The van der Waals surface area contributed by atoms with E-state index in [-0.39, 0.29) is 5.56 Å². The van der Waals surface area contributed by atoms with Crippen LogP contribution < -0.4 is 0 Å². The van der Waals surface area contributed by atoms with Crippen LogP contribution in [0.1, 0.15) is 10.4 Å². The van der Waals surface area contributed by atoms with Gasteiger partial charge in [0.15, 0.2) is 0 Å². The van der Waals surface area contributed by atoms with Gasteiger partial charge in [0, 0.05) is 12.4 Å². The first kappa shape index (κ1) is 13.3. The highest BCUT2D eigenvalue weighted by molar-refractivity contribution is 9.10. The first-order chi connectivity index (χ1) is 8.56. The molecule has 4 nitrogen and oxygen atoms in total. The van der Waals surface area contributed by atoms with Crippen LogP contribution in [0.15, 0.2) is 45.1 Å². The molecule has 0 saturated heterocycles. The first-order valence-corrected chi connectivity index (χ1v) is 6.73. The Bertz CT molecular complexity index is 592. The van der Waals surface area contributed by atoms with Crippen LogP contribution in [0.2, 0.25) is 5.02 Å². The van der Waals surface area contributed by atoms with Crippen molar-refractivity contribution in [3.63, 3.8) is 0 Å².